The van der Waals surface area contributed by atoms with E-state index in [4.69, 9.17) is 5.26 Å². The number of aliphatic imine (C=N–C) groups is 1. The van der Waals surface area contributed by atoms with Crippen LogP contribution in [0.25, 0.3) is 0 Å². The predicted octanol–water partition coefficient (Wildman–Crippen LogP) is 1.17. The molecule has 1 aliphatic heterocycles. The zero-order valence-corrected chi connectivity index (χ0v) is 5.24. The summed E-state index contributed by atoms with van der Waals surface area (Å²) in [5.74, 6) is 0. The van der Waals surface area contributed by atoms with E-state index in [0.717, 1.165) is 25.1 Å². The summed E-state index contributed by atoms with van der Waals surface area (Å²) in [6, 6.07) is 2.01. The average Bonchev–Trinajstić information content (AvgIpc) is 2.14. The first-order valence-corrected chi connectivity index (χ1v) is 2.37. The normalized spacial score (nSPS) is 16.1. The summed E-state index contributed by atoms with van der Waals surface area (Å²) in [5, 5.41) is 8.19. The smallest absolute Gasteiger partial charge is 0.114 e. The molecule has 0 aromatic carbocycles. The fourth-order valence-corrected chi connectivity index (χ4v) is 0.631. The van der Waals surface area contributed by atoms with Gasteiger partial charge < -0.3 is 0 Å². The van der Waals surface area contributed by atoms with Gasteiger partial charge in [0.05, 0.1) is 0 Å². The largest absolute Gasteiger partial charge is 0.279 e. The Hall–Kier alpha value is -0.550. The van der Waals surface area contributed by atoms with Gasteiger partial charge in [-0.25, -0.2) is 0 Å². The fourth-order valence-electron chi connectivity index (χ4n) is 0.631. The molecular weight excluding hydrogens is 124 g/mol. The number of nitrogens with zero attached hydrogens (tertiary/aromatic N) is 2. The van der Waals surface area contributed by atoms with Crippen molar-refractivity contribution >= 4 is 18.1 Å². The Kier molecular flexibility index (Phi) is 3.21. The maximum absolute atomic E-state index is 8.19. The number of hydrogen-bond acceptors (Lipinski definition) is 2. The predicted molar refractivity (Wildman–Crippen MR) is 34.4 cm³/mol. The zero-order chi connectivity index (χ0) is 5.11. The Balaban J connectivity index is 0.000000490. The van der Waals surface area contributed by atoms with Crippen molar-refractivity contribution in [3.05, 3.63) is 0 Å². The molecule has 0 saturated heterocycles. The van der Waals surface area contributed by atoms with Crippen LogP contribution in [-0.4, -0.2) is 12.3 Å². The lowest BCUT2D eigenvalue weighted by molar-refractivity contribution is 0.951. The number of rotatable bonds is 0. The van der Waals surface area contributed by atoms with E-state index in [9.17, 15) is 0 Å². The molecule has 2 nitrogen and oxygen atoms in total. The van der Waals surface area contributed by atoms with E-state index >= 15 is 0 Å². The van der Waals surface area contributed by atoms with Crippen LogP contribution in [0, 0.1) is 11.3 Å². The quantitative estimate of drug-likeness (QED) is 0.485. The van der Waals surface area contributed by atoms with E-state index < -0.39 is 0 Å². The first-order chi connectivity index (χ1) is 3.43. The highest BCUT2D eigenvalue weighted by molar-refractivity contribution is 5.99. The molecule has 0 aliphatic carbocycles. The minimum absolute atomic E-state index is 0. The van der Waals surface area contributed by atoms with Gasteiger partial charge in [0.1, 0.15) is 11.8 Å². The third-order valence-electron chi connectivity index (χ3n) is 1.00. The van der Waals surface area contributed by atoms with Crippen molar-refractivity contribution < 1.29 is 0 Å². The van der Waals surface area contributed by atoms with Gasteiger partial charge in [0.2, 0.25) is 0 Å². The highest BCUT2D eigenvalue weighted by Crippen LogP contribution is 2.01. The molecule has 0 spiro atoms. The van der Waals surface area contributed by atoms with Crippen molar-refractivity contribution in [2.24, 2.45) is 4.99 Å². The lowest BCUT2D eigenvalue weighted by Gasteiger charge is -1.73. The second-order valence-corrected chi connectivity index (χ2v) is 1.54. The van der Waals surface area contributed by atoms with Gasteiger partial charge in [0.15, 0.2) is 0 Å². The van der Waals surface area contributed by atoms with Gasteiger partial charge in [-0.05, 0) is 6.42 Å². The Morgan fingerprint density at radius 1 is 1.62 bits per heavy atom. The number of nitriles is 1. The minimum Gasteiger partial charge on any atom is -0.279 e. The van der Waals surface area contributed by atoms with Crippen molar-refractivity contribution in [2.45, 2.75) is 12.8 Å². The molecule has 1 rings (SSSR count). The molecule has 0 saturated carbocycles. The Bertz CT molecular complexity index is 134. The van der Waals surface area contributed by atoms with Gasteiger partial charge in [-0.3, -0.25) is 4.99 Å². The Morgan fingerprint density at radius 2 is 2.38 bits per heavy atom. The molecule has 3 heteroatoms. The standard InChI is InChI=1S/C5H6N2.ClH/c6-4-5-2-1-3-7-5;/h1-3H2;1H. The van der Waals surface area contributed by atoms with Crippen LogP contribution in [0.1, 0.15) is 12.8 Å². The third-order valence-corrected chi connectivity index (χ3v) is 1.00. The van der Waals surface area contributed by atoms with E-state index in [1.54, 1.807) is 0 Å². The Labute approximate surface area is 54.6 Å². The van der Waals surface area contributed by atoms with Crippen LogP contribution in [0.15, 0.2) is 4.99 Å². The van der Waals surface area contributed by atoms with Crippen LogP contribution >= 0.6 is 12.4 Å². The van der Waals surface area contributed by atoms with Crippen LogP contribution in [0.4, 0.5) is 0 Å². The van der Waals surface area contributed by atoms with Gasteiger partial charge in [0, 0.05) is 13.0 Å². The molecule has 0 radical (unpaired) electrons. The Morgan fingerprint density at radius 3 is 2.62 bits per heavy atom. The van der Waals surface area contributed by atoms with Crippen molar-refractivity contribution in [1.29, 1.82) is 5.26 Å². The SMILES string of the molecule is Cl.N#CC1=NCCC1. The highest BCUT2D eigenvalue weighted by Gasteiger charge is 2.01. The lowest BCUT2D eigenvalue weighted by Crippen LogP contribution is -1.82. The minimum atomic E-state index is 0. The summed E-state index contributed by atoms with van der Waals surface area (Å²) in [6.45, 7) is 0.864. The maximum atomic E-state index is 8.19. The van der Waals surface area contributed by atoms with Crippen molar-refractivity contribution in [3.63, 3.8) is 0 Å². The van der Waals surface area contributed by atoms with Crippen LogP contribution < -0.4 is 0 Å². The molecule has 1 heterocycles. The van der Waals surface area contributed by atoms with Crippen LogP contribution in [0.3, 0.4) is 0 Å². The second-order valence-electron chi connectivity index (χ2n) is 1.54. The number of halogens is 1. The van der Waals surface area contributed by atoms with E-state index in [1.807, 2.05) is 6.07 Å². The number of hydrogen-bond donors (Lipinski definition) is 0. The molecule has 8 heavy (non-hydrogen) atoms. The summed E-state index contributed by atoms with van der Waals surface area (Å²) in [7, 11) is 0. The molecule has 0 aromatic rings. The van der Waals surface area contributed by atoms with Crippen molar-refractivity contribution in [1.82, 2.24) is 0 Å². The summed E-state index contributed by atoms with van der Waals surface area (Å²) in [4.78, 5) is 3.91. The summed E-state index contributed by atoms with van der Waals surface area (Å²) >= 11 is 0. The zero-order valence-electron chi connectivity index (χ0n) is 4.42. The van der Waals surface area contributed by atoms with Gasteiger partial charge in [-0.1, -0.05) is 0 Å². The summed E-state index contributed by atoms with van der Waals surface area (Å²) in [5.41, 5.74) is 0.722. The molecule has 1 aliphatic rings. The maximum Gasteiger partial charge on any atom is 0.114 e. The molecule has 44 valence electrons. The van der Waals surface area contributed by atoms with Gasteiger partial charge in [0.25, 0.3) is 0 Å². The monoisotopic (exact) mass is 130 g/mol. The third kappa shape index (κ3) is 1.51. The molecule has 0 N–H and O–H groups in total. The first kappa shape index (κ1) is 7.45. The summed E-state index contributed by atoms with van der Waals surface area (Å²) in [6.07, 6.45) is 1.97. The average molecular weight is 131 g/mol. The molecule has 0 bridgehead atoms. The molecule has 0 amide bonds. The van der Waals surface area contributed by atoms with Crippen LogP contribution in [-0.2, 0) is 0 Å². The molecule has 0 atom stereocenters. The van der Waals surface area contributed by atoms with Crippen LogP contribution in [0.2, 0.25) is 0 Å². The van der Waals surface area contributed by atoms with Crippen LogP contribution in [0.5, 0.6) is 0 Å². The summed E-state index contributed by atoms with van der Waals surface area (Å²) < 4.78 is 0. The fraction of sp³-hybridized carbons (Fsp3) is 0.600. The molecule has 0 unspecified atom stereocenters. The van der Waals surface area contributed by atoms with E-state index in [0.29, 0.717) is 0 Å². The second kappa shape index (κ2) is 3.45. The highest BCUT2D eigenvalue weighted by atomic mass is 35.5. The van der Waals surface area contributed by atoms with E-state index in [1.165, 1.54) is 0 Å². The van der Waals surface area contributed by atoms with Gasteiger partial charge in [-0.2, -0.15) is 5.26 Å². The molecule has 0 fully saturated rings. The lowest BCUT2D eigenvalue weighted by atomic mass is 10.3. The van der Waals surface area contributed by atoms with E-state index in [-0.39, 0.29) is 12.4 Å². The topological polar surface area (TPSA) is 36.1 Å². The van der Waals surface area contributed by atoms with Gasteiger partial charge in [-0.15, -0.1) is 12.4 Å². The molecular formula is C5H7ClN2. The van der Waals surface area contributed by atoms with E-state index in [2.05, 4.69) is 4.99 Å². The van der Waals surface area contributed by atoms with Gasteiger partial charge >= 0.3 is 0 Å². The van der Waals surface area contributed by atoms with Crippen molar-refractivity contribution in [2.75, 3.05) is 6.54 Å². The molecule has 0 aromatic heterocycles. The van der Waals surface area contributed by atoms with Crippen molar-refractivity contribution in [3.8, 4) is 6.07 Å². The first-order valence-electron chi connectivity index (χ1n) is 2.37.